The van der Waals surface area contributed by atoms with E-state index in [0.29, 0.717) is 19.4 Å². The minimum Gasteiger partial charge on any atom is -0.396 e. The minimum absolute atomic E-state index is 0.00163. The Balaban J connectivity index is 1.88. The van der Waals surface area contributed by atoms with Gasteiger partial charge in [-0.3, -0.25) is 4.79 Å². The minimum atomic E-state index is -4.34. The van der Waals surface area contributed by atoms with Crippen LogP contribution in [0.25, 0.3) is 0 Å². The molecule has 0 heterocycles. The lowest BCUT2D eigenvalue weighted by atomic mass is 9.89. The Morgan fingerprint density at radius 1 is 1.26 bits per heavy atom. The molecule has 0 aliphatic heterocycles. The maximum atomic E-state index is 12.5. The average Bonchev–Trinajstić information content (AvgIpc) is 3.24. The molecule has 23 heavy (non-hydrogen) atoms. The zero-order valence-electron chi connectivity index (χ0n) is 13.3. The monoisotopic (exact) mass is 329 g/mol. The molecule has 0 bridgehead atoms. The van der Waals surface area contributed by atoms with Gasteiger partial charge in [-0.2, -0.15) is 13.2 Å². The molecule has 1 aliphatic carbocycles. The van der Waals surface area contributed by atoms with Crippen molar-refractivity contribution in [2.75, 3.05) is 13.2 Å². The molecule has 3 nitrogen and oxygen atoms in total. The highest BCUT2D eigenvalue weighted by Gasteiger charge is 2.44. The number of amides is 1. The van der Waals surface area contributed by atoms with Gasteiger partial charge in [0.1, 0.15) is 0 Å². The normalized spacial score (nSPS) is 21.1. The van der Waals surface area contributed by atoms with Crippen LogP contribution in [0.4, 0.5) is 13.2 Å². The van der Waals surface area contributed by atoms with E-state index in [1.54, 1.807) is 0 Å². The zero-order chi connectivity index (χ0) is 17.3. The number of rotatable bonds is 6. The van der Waals surface area contributed by atoms with Crippen LogP contribution < -0.4 is 5.32 Å². The number of nitrogens with one attached hydrogen (secondary N) is 1. The third-order valence-electron chi connectivity index (χ3n) is 4.32. The molecule has 0 radical (unpaired) electrons. The summed E-state index contributed by atoms with van der Waals surface area (Å²) in [4.78, 5) is 12.1. The van der Waals surface area contributed by atoms with E-state index < -0.39 is 11.7 Å². The van der Waals surface area contributed by atoms with Crippen LogP contribution >= 0.6 is 0 Å². The lowest BCUT2D eigenvalue weighted by Crippen LogP contribution is -2.35. The number of hydrogen-bond acceptors (Lipinski definition) is 2. The van der Waals surface area contributed by atoms with E-state index in [-0.39, 0.29) is 29.8 Å². The summed E-state index contributed by atoms with van der Waals surface area (Å²) >= 11 is 0. The van der Waals surface area contributed by atoms with Crippen molar-refractivity contribution in [3.8, 4) is 0 Å². The highest BCUT2D eigenvalue weighted by atomic mass is 19.4. The second kappa shape index (κ2) is 6.51. The molecule has 1 aromatic rings. The van der Waals surface area contributed by atoms with Crippen LogP contribution in [0.2, 0.25) is 0 Å². The van der Waals surface area contributed by atoms with E-state index in [2.05, 4.69) is 5.32 Å². The van der Waals surface area contributed by atoms with Gasteiger partial charge in [-0.15, -0.1) is 0 Å². The number of carbonyl (C=O) groups excluding carboxylic acids is 1. The predicted molar refractivity (Wildman–Crippen MR) is 80.8 cm³/mol. The topological polar surface area (TPSA) is 49.3 Å². The van der Waals surface area contributed by atoms with Gasteiger partial charge in [0.2, 0.25) is 5.91 Å². The Bertz CT molecular complexity index is 552. The van der Waals surface area contributed by atoms with Crippen molar-refractivity contribution in [2.45, 2.75) is 38.8 Å². The molecule has 0 aromatic heterocycles. The second-order valence-electron chi connectivity index (χ2n) is 6.92. The average molecular weight is 329 g/mol. The van der Waals surface area contributed by atoms with Gasteiger partial charge in [-0.1, -0.05) is 26.0 Å². The number of aliphatic hydroxyl groups excluding tert-OH is 1. The molecular formula is C17H22F3NO2. The van der Waals surface area contributed by atoms with Crippen LogP contribution in [0.3, 0.4) is 0 Å². The fraction of sp³-hybridized carbons (Fsp3) is 0.588. The molecule has 0 saturated heterocycles. The second-order valence-corrected chi connectivity index (χ2v) is 6.92. The molecule has 0 spiro atoms. The molecule has 2 rings (SSSR count). The highest BCUT2D eigenvalue weighted by molar-refractivity contribution is 5.82. The molecule has 1 amide bonds. The quantitative estimate of drug-likeness (QED) is 0.841. The fourth-order valence-electron chi connectivity index (χ4n) is 2.62. The first kappa shape index (κ1) is 17.8. The molecule has 2 unspecified atom stereocenters. The molecule has 1 aliphatic rings. The van der Waals surface area contributed by atoms with Crippen molar-refractivity contribution in [1.82, 2.24) is 5.32 Å². The van der Waals surface area contributed by atoms with Gasteiger partial charge >= 0.3 is 6.18 Å². The Morgan fingerprint density at radius 2 is 1.87 bits per heavy atom. The Morgan fingerprint density at radius 3 is 2.39 bits per heavy atom. The number of benzene rings is 1. The van der Waals surface area contributed by atoms with E-state index in [4.69, 9.17) is 5.11 Å². The molecule has 2 N–H and O–H groups in total. The Kier molecular flexibility index (Phi) is 5.04. The maximum absolute atomic E-state index is 12.5. The number of carbonyl (C=O) groups is 1. The summed E-state index contributed by atoms with van der Waals surface area (Å²) in [7, 11) is 0. The first-order valence-corrected chi connectivity index (χ1v) is 7.70. The van der Waals surface area contributed by atoms with Gasteiger partial charge in [0.15, 0.2) is 0 Å². The van der Waals surface area contributed by atoms with Crippen molar-refractivity contribution in [1.29, 1.82) is 0 Å². The number of halogens is 3. The molecular weight excluding hydrogens is 307 g/mol. The summed E-state index contributed by atoms with van der Waals surface area (Å²) in [6, 6.07) is 5.03. The summed E-state index contributed by atoms with van der Waals surface area (Å²) in [5.41, 5.74) is -0.0789. The number of alkyl halides is 3. The van der Waals surface area contributed by atoms with Crippen molar-refractivity contribution in [3.63, 3.8) is 0 Å². The van der Waals surface area contributed by atoms with Crippen LogP contribution in [-0.2, 0) is 11.0 Å². The van der Waals surface area contributed by atoms with E-state index >= 15 is 0 Å². The third-order valence-corrected chi connectivity index (χ3v) is 4.32. The SMILES string of the molecule is CC(C)(CCO)CNC(=O)C1CC1c1ccc(C(F)(F)F)cc1. The zero-order valence-corrected chi connectivity index (χ0v) is 13.3. The molecule has 6 heteroatoms. The molecule has 128 valence electrons. The van der Waals surface area contributed by atoms with Crippen LogP contribution in [0.1, 0.15) is 43.7 Å². The van der Waals surface area contributed by atoms with E-state index in [9.17, 15) is 18.0 Å². The van der Waals surface area contributed by atoms with Gasteiger partial charge < -0.3 is 10.4 Å². The summed E-state index contributed by atoms with van der Waals surface area (Å²) in [6.07, 6.45) is -3.07. The van der Waals surface area contributed by atoms with Crippen LogP contribution in [0.15, 0.2) is 24.3 Å². The van der Waals surface area contributed by atoms with E-state index in [0.717, 1.165) is 17.7 Å². The largest absolute Gasteiger partial charge is 0.416 e. The van der Waals surface area contributed by atoms with Crippen molar-refractivity contribution < 1.29 is 23.1 Å². The van der Waals surface area contributed by atoms with E-state index in [1.165, 1.54) is 12.1 Å². The molecule has 1 aromatic carbocycles. The first-order valence-electron chi connectivity index (χ1n) is 7.70. The fourth-order valence-corrected chi connectivity index (χ4v) is 2.62. The summed E-state index contributed by atoms with van der Waals surface area (Å²) in [5, 5.41) is 11.8. The van der Waals surface area contributed by atoms with E-state index in [1.807, 2.05) is 13.8 Å². The Hall–Kier alpha value is -1.56. The lowest BCUT2D eigenvalue weighted by Gasteiger charge is -2.23. The summed E-state index contributed by atoms with van der Waals surface area (Å²) in [5.74, 6) is -0.240. The Labute approximate surface area is 133 Å². The van der Waals surface area contributed by atoms with Crippen molar-refractivity contribution in [2.24, 2.45) is 11.3 Å². The predicted octanol–water partition coefficient (Wildman–Crippen LogP) is 3.33. The molecule has 1 saturated carbocycles. The summed E-state index contributed by atoms with van der Waals surface area (Å²) in [6.45, 7) is 4.47. The first-order chi connectivity index (χ1) is 10.6. The van der Waals surface area contributed by atoms with Crippen LogP contribution in [0.5, 0.6) is 0 Å². The van der Waals surface area contributed by atoms with Gasteiger partial charge in [0.25, 0.3) is 0 Å². The molecule has 1 fully saturated rings. The highest BCUT2D eigenvalue weighted by Crippen LogP contribution is 2.48. The lowest BCUT2D eigenvalue weighted by molar-refractivity contribution is -0.137. The third kappa shape index (κ3) is 4.70. The van der Waals surface area contributed by atoms with Crippen LogP contribution in [0, 0.1) is 11.3 Å². The van der Waals surface area contributed by atoms with Crippen LogP contribution in [-0.4, -0.2) is 24.2 Å². The van der Waals surface area contributed by atoms with Gasteiger partial charge in [0.05, 0.1) is 5.56 Å². The maximum Gasteiger partial charge on any atom is 0.416 e. The van der Waals surface area contributed by atoms with Crippen molar-refractivity contribution >= 4 is 5.91 Å². The van der Waals surface area contributed by atoms with Gasteiger partial charge in [-0.25, -0.2) is 0 Å². The smallest absolute Gasteiger partial charge is 0.396 e. The number of aliphatic hydroxyl groups is 1. The standard InChI is InChI=1S/C17H22F3NO2/c1-16(2,7-8-22)10-21-15(23)14-9-13(14)11-3-5-12(6-4-11)17(18,19)20/h3-6,13-14,22H,7-10H2,1-2H3,(H,21,23). The van der Waals surface area contributed by atoms with Gasteiger partial charge in [-0.05, 0) is 41.9 Å². The summed E-state index contributed by atoms with van der Waals surface area (Å²) < 4.78 is 37.6. The molecule has 2 atom stereocenters. The van der Waals surface area contributed by atoms with Gasteiger partial charge in [0, 0.05) is 19.1 Å². The van der Waals surface area contributed by atoms with Crippen molar-refractivity contribution in [3.05, 3.63) is 35.4 Å². The number of hydrogen-bond donors (Lipinski definition) is 2.